The largest absolute Gasteiger partial charge is 0.383 e. The van der Waals surface area contributed by atoms with Crippen molar-refractivity contribution in [3.8, 4) is 0 Å². The Morgan fingerprint density at radius 2 is 2.00 bits per heavy atom. The minimum absolute atomic E-state index is 0.636. The molecule has 0 aromatic heterocycles. The zero-order chi connectivity index (χ0) is 12.1. The molecule has 17 heavy (non-hydrogen) atoms. The summed E-state index contributed by atoms with van der Waals surface area (Å²) in [6.45, 7) is 2.20. The molecule has 2 N–H and O–H groups in total. The van der Waals surface area contributed by atoms with Crippen LogP contribution in [0, 0.1) is 0 Å². The fraction of sp³-hybridized carbons (Fsp3) is 0.571. The molecule has 0 spiro atoms. The van der Waals surface area contributed by atoms with Gasteiger partial charge in [-0.15, -0.1) is 0 Å². The van der Waals surface area contributed by atoms with E-state index in [9.17, 15) is 0 Å². The van der Waals surface area contributed by atoms with Crippen molar-refractivity contribution in [1.82, 2.24) is 5.32 Å². The smallest absolute Gasteiger partial charge is 0.0362 e. The van der Waals surface area contributed by atoms with Crippen LogP contribution in [-0.4, -0.2) is 33.2 Å². The first-order valence-electron chi connectivity index (χ1n) is 6.50. The van der Waals surface area contributed by atoms with Gasteiger partial charge in [-0.2, -0.15) is 0 Å². The van der Waals surface area contributed by atoms with E-state index >= 15 is 0 Å². The van der Waals surface area contributed by atoms with E-state index in [1.165, 1.54) is 37.2 Å². The molecule has 3 nitrogen and oxygen atoms in total. The first-order valence-corrected chi connectivity index (χ1v) is 6.50. The highest BCUT2D eigenvalue weighted by atomic mass is 15.1. The quantitative estimate of drug-likeness (QED) is 0.835. The molecular weight excluding hydrogens is 210 g/mol. The van der Waals surface area contributed by atoms with Gasteiger partial charge < -0.3 is 15.5 Å². The minimum Gasteiger partial charge on any atom is -0.383 e. The van der Waals surface area contributed by atoms with E-state index in [2.05, 4.69) is 53.9 Å². The fourth-order valence-corrected chi connectivity index (χ4v) is 2.22. The zero-order valence-corrected chi connectivity index (χ0v) is 10.9. The number of benzene rings is 1. The normalized spacial score (nSPS) is 20.0. The number of nitrogens with one attached hydrogen (secondary N) is 2. The van der Waals surface area contributed by atoms with Crippen molar-refractivity contribution >= 4 is 11.4 Å². The van der Waals surface area contributed by atoms with Crippen LogP contribution < -0.4 is 15.5 Å². The van der Waals surface area contributed by atoms with Gasteiger partial charge in [0.25, 0.3) is 0 Å². The summed E-state index contributed by atoms with van der Waals surface area (Å²) in [5.74, 6) is 0. The Morgan fingerprint density at radius 1 is 1.24 bits per heavy atom. The van der Waals surface area contributed by atoms with Gasteiger partial charge >= 0.3 is 0 Å². The second-order valence-corrected chi connectivity index (χ2v) is 4.97. The van der Waals surface area contributed by atoms with Crippen LogP contribution in [0.3, 0.4) is 0 Å². The summed E-state index contributed by atoms with van der Waals surface area (Å²) in [6.07, 6.45) is 3.98. The molecule has 0 radical (unpaired) electrons. The molecular formula is C14H23N3. The van der Waals surface area contributed by atoms with Crippen molar-refractivity contribution in [1.29, 1.82) is 0 Å². The molecule has 0 amide bonds. The molecule has 1 aliphatic heterocycles. The molecule has 1 fully saturated rings. The fourth-order valence-electron chi connectivity index (χ4n) is 2.22. The molecule has 1 atom stereocenters. The highest BCUT2D eigenvalue weighted by molar-refractivity contribution is 5.54. The summed E-state index contributed by atoms with van der Waals surface area (Å²) < 4.78 is 0. The molecule has 1 heterocycles. The number of hydrogen-bond donors (Lipinski definition) is 2. The molecule has 1 saturated heterocycles. The van der Waals surface area contributed by atoms with Crippen molar-refractivity contribution in [3.63, 3.8) is 0 Å². The van der Waals surface area contributed by atoms with Crippen molar-refractivity contribution in [3.05, 3.63) is 24.3 Å². The maximum absolute atomic E-state index is 3.55. The minimum atomic E-state index is 0.636. The van der Waals surface area contributed by atoms with Gasteiger partial charge in [0.15, 0.2) is 0 Å². The van der Waals surface area contributed by atoms with Gasteiger partial charge in [-0.1, -0.05) is 6.42 Å². The van der Waals surface area contributed by atoms with Crippen LogP contribution in [0.5, 0.6) is 0 Å². The van der Waals surface area contributed by atoms with Crippen LogP contribution in [0.15, 0.2) is 24.3 Å². The Morgan fingerprint density at radius 3 is 2.59 bits per heavy atom. The highest BCUT2D eigenvalue weighted by Gasteiger charge is 2.11. The van der Waals surface area contributed by atoms with Gasteiger partial charge in [-0.05, 0) is 43.7 Å². The number of rotatable bonds is 4. The second kappa shape index (κ2) is 5.92. The molecule has 1 aromatic rings. The summed E-state index contributed by atoms with van der Waals surface area (Å²) in [5.41, 5.74) is 2.45. The third-order valence-electron chi connectivity index (χ3n) is 3.35. The van der Waals surface area contributed by atoms with Crippen LogP contribution in [0.25, 0.3) is 0 Å². The summed E-state index contributed by atoms with van der Waals surface area (Å²) in [6, 6.07) is 9.24. The first kappa shape index (κ1) is 12.2. The monoisotopic (exact) mass is 233 g/mol. The van der Waals surface area contributed by atoms with Crippen LogP contribution >= 0.6 is 0 Å². The van der Waals surface area contributed by atoms with E-state index in [0.717, 1.165) is 6.54 Å². The Bertz CT molecular complexity index is 326. The lowest BCUT2D eigenvalue weighted by molar-refractivity contribution is 0.414. The van der Waals surface area contributed by atoms with Gasteiger partial charge in [-0.3, -0.25) is 0 Å². The maximum atomic E-state index is 3.55. The summed E-state index contributed by atoms with van der Waals surface area (Å²) in [4.78, 5) is 2.12. The number of nitrogens with zero attached hydrogens (tertiary/aromatic N) is 1. The van der Waals surface area contributed by atoms with Crippen molar-refractivity contribution < 1.29 is 0 Å². The van der Waals surface area contributed by atoms with Crippen molar-refractivity contribution in [2.75, 3.05) is 37.4 Å². The molecule has 0 bridgehead atoms. The van der Waals surface area contributed by atoms with Crippen LogP contribution in [0.2, 0.25) is 0 Å². The van der Waals surface area contributed by atoms with Crippen molar-refractivity contribution in [2.24, 2.45) is 0 Å². The number of piperidine rings is 1. The molecule has 1 aromatic carbocycles. The average molecular weight is 233 g/mol. The van der Waals surface area contributed by atoms with Gasteiger partial charge in [0.1, 0.15) is 0 Å². The molecule has 0 aliphatic carbocycles. The molecule has 1 unspecified atom stereocenters. The molecule has 2 rings (SSSR count). The van der Waals surface area contributed by atoms with E-state index in [1.54, 1.807) is 0 Å². The zero-order valence-electron chi connectivity index (χ0n) is 10.9. The summed E-state index contributed by atoms with van der Waals surface area (Å²) in [7, 11) is 4.13. The predicted octanol–water partition coefficient (Wildman–Crippen LogP) is 2.31. The summed E-state index contributed by atoms with van der Waals surface area (Å²) in [5, 5.41) is 7.05. The van der Waals surface area contributed by atoms with E-state index in [-0.39, 0.29) is 0 Å². The Hall–Kier alpha value is -1.22. The molecule has 3 heteroatoms. The molecule has 0 saturated carbocycles. The number of anilines is 2. The number of hydrogen-bond acceptors (Lipinski definition) is 3. The maximum Gasteiger partial charge on any atom is 0.0362 e. The average Bonchev–Trinajstić information content (AvgIpc) is 2.38. The third kappa shape index (κ3) is 3.63. The SMILES string of the molecule is CN(C)c1ccc(NCC2CCCCN2)cc1. The lowest BCUT2D eigenvalue weighted by atomic mass is 10.1. The van der Waals surface area contributed by atoms with E-state index in [4.69, 9.17) is 0 Å². The van der Waals surface area contributed by atoms with E-state index in [0.29, 0.717) is 6.04 Å². The predicted molar refractivity (Wildman–Crippen MR) is 74.9 cm³/mol. The Balaban J connectivity index is 1.82. The van der Waals surface area contributed by atoms with E-state index in [1.807, 2.05) is 0 Å². The lowest BCUT2D eigenvalue weighted by Gasteiger charge is -2.24. The highest BCUT2D eigenvalue weighted by Crippen LogP contribution is 2.16. The molecule has 94 valence electrons. The first-order chi connectivity index (χ1) is 8.25. The third-order valence-corrected chi connectivity index (χ3v) is 3.35. The van der Waals surface area contributed by atoms with Gasteiger partial charge in [0, 0.05) is 38.1 Å². The van der Waals surface area contributed by atoms with Crippen LogP contribution in [0.4, 0.5) is 11.4 Å². The Kier molecular flexibility index (Phi) is 4.26. The van der Waals surface area contributed by atoms with Crippen molar-refractivity contribution in [2.45, 2.75) is 25.3 Å². The van der Waals surface area contributed by atoms with Crippen LogP contribution in [0.1, 0.15) is 19.3 Å². The lowest BCUT2D eigenvalue weighted by Crippen LogP contribution is -2.39. The van der Waals surface area contributed by atoms with Gasteiger partial charge in [0.05, 0.1) is 0 Å². The molecule has 1 aliphatic rings. The summed E-state index contributed by atoms with van der Waals surface area (Å²) >= 11 is 0. The standard InChI is InChI=1S/C14H23N3/c1-17(2)14-8-6-12(7-9-14)16-11-13-5-3-4-10-15-13/h6-9,13,15-16H,3-5,10-11H2,1-2H3. The van der Waals surface area contributed by atoms with E-state index < -0.39 is 0 Å². The topological polar surface area (TPSA) is 27.3 Å². The van der Waals surface area contributed by atoms with Gasteiger partial charge in [-0.25, -0.2) is 0 Å². The van der Waals surface area contributed by atoms with Crippen LogP contribution in [-0.2, 0) is 0 Å². The second-order valence-electron chi connectivity index (χ2n) is 4.97. The Labute approximate surface area is 104 Å². The van der Waals surface area contributed by atoms with Gasteiger partial charge in [0.2, 0.25) is 0 Å².